The zero-order chi connectivity index (χ0) is 14.0. The number of halogens is 1. The third-order valence-corrected chi connectivity index (χ3v) is 4.46. The number of nitrogens with zero attached hydrogens (tertiary/aromatic N) is 2. The minimum Gasteiger partial charge on any atom is -0.342 e. The van der Waals surface area contributed by atoms with E-state index in [4.69, 9.17) is 5.73 Å². The number of nitrogens with two attached hydrogens (primary N) is 1. The Kier molecular flexibility index (Phi) is 6.27. The molecular weight excluding hydrogens is 278 g/mol. The largest absolute Gasteiger partial charge is 0.342 e. The van der Waals surface area contributed by atoms with Crippen LogP contribution >= 0.6 is 12.4 Å². The van der Waals surface area contributed by atoms with Crippen LogP contribution in [0.4, 0.5) is 0 Å². The van der Waals surface area contributed by atoms with Crippen LogP contribution in [0.25, 0.3) is 0 Å². The summed E-state index contributed by atoms with van der Waals surface area (Å²) in [7, 11) is 0. The van der Waals surface area contributed by atoms with Crippen LogP contribution in [0.5, 0.6) is 0 Å². The van der Waals surface area contributed by atoms with Crippen molar-refractivity contribution >= 4 is 24.2 Å². The molecule has 0 aliphatic carbocycles. The summed E-state index contributed by atoms with van der Waals surface area (Å²) in [6, 6.07) is 0.132. The van der Waals surface area contributed by atoms with Crippen LogP contribution in [0.15, 0.2) is 0 Å². The monoisotopic (exact) mass is 303 g/mol. The Hall–Kier alpha value is -0.810. The molecule has 0 radical (unpaired) electrons. The molecule has 116 valence electrons. The molecule has 2 saturated heterocycles. The number of piperidine rings is 1. The van der Waals surface area contributed by atoms with E-state index in [1.165, 1.54) is 0 Å². The highest BCUT2D eigenvalue weighted by atomic mass is 35.5. The van der Waals surface area contributed by atoms with Gasteiger partial charge in [0.2, 0.25) is 11.8 Å². The smallest absolute Gasteiger partial charge is 0.228 e. The molecule has 2 fully saturated rings. The van der Waals surface area contributed by atoms with Crippen LogP contribution in [-0.2, 0) is 9.59 Å². The minimum atomic E-state index is -0.140. The van der Waals surface area contributed by atoms with Crippen molar-refractivity contribution in [2.24, 2.45) is 17.6 Å². The molecular formula is C14H26ClN3O2. The summed E-state index contributed by atoms with van der Waals surface area (Å²) in [6.45, 7) is 6.83. The lowest BCUT2D eigenvalue weighted by atomic mass is 9.91. The second kappa shape index (κ2) is 7.27. The summed E-state index contributed by atoms with van der Waals surface area (Å²) in [5, 5.41) is 0. The van der Waals surface area contributed by atoms with E-state index >= 15 is 0 Å². The minimum absolute atomic E-state index is 0. The van der Waals surface area contributed by atoms with E-state index in [0.717, 1.165) is 25.9 Å². The lowest BCUT2D eigenvalue weighted by molar-refractivity contribution is -0.137. The maximum atomic E-state index is 12.5. The van der Waals surface area contributed by atoms with Crippen LogP contribution in [-0.4, -0.2) is 53.8 Å². The number of carbonyl (C=O) groups is 2. The topological polar surface area (TPSA) is 66.6 Å². The third kappa shape index (κ3) is 3.64. The molecule has 20 heavy (non-hydrogen) atoms. The summed E-state index contributed by atoms with van der Waals surface area (Å²) in [6.07, 6.45) is 2.51. The molecule has 5 nitrogen and oxygen atoms in total. The summed E-state index contributed by atoms with van der Waals surface area (Å²) < 4.78 is 0. The van der Waals surface area contributed by atoms with Gasteiger partial charge in [-0.25, -0.2) is 0 Å². The zero-order valence-electron chi connectivity index (χ0n) is 12.4. The van der Waals surface area contributed by atoms with E-state index in [1.54, 1.807) is 4.90 Å². The van der Waals surface area contributed by atoms with Gasteiger partial charge in [-0.05, 0) is 32.6 Å². The van der Waals surface area contributed by atoms with Gasteiger partial charge in [0.05, 0.1) is 5.92 Å². The van der Waals surface area contributed by atoms with E-state index < -0.39 is 0 Å². The molecule has 0 bridgehead atoms. The molecule has 0 aromatic rings. The average molecular weight is 304 g/mol. The Morgan fingerprint density at radius 2 is 2.15 bits per heavy atom. The van der Waals surface area contributed by atoms with Crippen LogP contribution in [0.3, 0.4) is 0 Å². The second-order valence-corrected chi connectivity index (χ2v) is 5.88. The predicted octanol–water partition coefficient (Wildman–Crippen LogP) is 0.862. The van der Waals surface area contributed by atoms with Crippen LogP contribution < -0.4 is 5.73 Å². The molecule has 2 heterocycles. The Morgan fingerprint density at radius 1 is 1.45 bits per heavy atom. The molecule has 0 aromatic carbocycles. The highest BCUT2D eigenvalue weighted by molar-refractivity contribution is 5.89. The van der Waals surface area contributed by atoms with Gasteiger partial charge in [-0.2, -0.15) is 0 Å². The van der Waals surface area contributed by atoms with Gasteiger partial charge in [0.25, 0.3) is 0 Å². The van der Waals surface area contributed by atoms with Gasteiger partial charge >= 0.3 is 0 Å². The van der Waals surface area contributed by atoms with Gasteiger partial charge in [0.15, 0.2) is 0 Å². The quantitative estimate of drug-likeness (QED) is 0.841. The summed E-state index contributed by atoms with van der Waals surface area (Å²) in [4.78, 5) is 27.9. The van der Waals surface area contributed by atoms with E-state index in [2.05, 4.69) is 0 Å². The summed E-state index contributed by atoms with van der Waals surface area (Å²) in [5.74, 6) is 0.521. The average Bonchev–Trinajstić information content (AvgIpc) is 2.79. The van der Waals surface area contributed by atoms with Crippen molar-refractivity contribution in [3.05, 3.63) is 0 Å². The third-order valence-electron chi connectivity index (χ3n) is 4.46. The van der Waals surface area contributed by atoms with Gasteiger partial charge in [0.1, 0.15) is 0 Å². The second-order valence-electron chi connectivity index (χ2n) is 5.88. The Bertz CT molecular complexity index is 362. The number of carbonyl (C=O) groups excluding carboxylic acids is 2. The molecule has 2 aliphatic heterocycles. The highest BCUT2D eigenvalue weighted by Crippen LogP contribution is 2.24. The fraction of sp³-hybridized carbons (Fsp3) is 0.857. The lowest BCUT2D eigenvalue weighted by Crippen LogP contribution is -2.47. The molecule has 0 aromatic heterocycles. The molecule has 0 saturated carbocycles. The Morgan fingerprint density at radius 3 is 2.70 bits per heavy atom. The predicted molar refractivity (Wildman–Crippen MR) is 80.6 cm³/mol. The zero-order valence-corrected chi connectivity index (χ0v) is 13.2. The summed E-state index contributed by atoms with van der Waals surface area (Å²) >= 11 is 0. The van der Waals surface area contributed by atoms with E-state index in [0.29, 0.717) is 25.4 Å². The highest BCUT2D eigenvalue weighted by Gasteiger charge is 2.37. The van der Waals surface area contributed by atoms with Crippen molar-refractivity contribution in [1.29, 1.82) is 0 Å². The number of rotatable bonds is 3. The first kappa shape index (κ1) is 17.2. The number of likely N-dealkylation sites (tertiary alicyclic amines) is 2. The first-order valence-corrected chi connectivity index (χ1v) is 7.35. The Labute approximate surface area is 127 Å². The van der Waals surface area contributed by atoms with Crippen molar-refractivity contribution in [3.63, 3.8) is 0 Å². The summed E-state index contributed by atoms with van der Waals surface area (Å²) in [5.41, 5.74) is 5.95. The van der Waals surface area contributed by atoms with E-state index in [9.17, 15) is 9.59 Å². The fourth-order valence-corrected chi connectivity index (χ4v) is 3.14. The van der Waals surface area contributed by atoms with E-state index in [1.807, 2.05) is 18.7 Å². The molecule has 2 rings (SSSR count). The maximum absolute atomic E-state index is 12.5. The molecule has 2 N–H and O–H groups in total. The standard InChI is InChI=1S/C14H25N3O2.ClH/c1-3-16-9-12(7-13(16)18)14(19)17-6-4-5-11(8-17)10(2)15;/h10-12H,3-9,15H2,1-2H3;1H. The molecule has 3 atom stereocenters. The SMILES string of the molecule is CCN1CC(C(=O)N2CCCC(C(C)N)C2)CC1=O.Cl. The van der Waals surface area contributed by atoms with Crippen LogP contribution in [0.1, 0.15) is 33.1 Å². The van der Waals surface area contributed by atoms with Crippen molar-refractivity contribution in [2.75, 3.05) is 26.2 Å². The van der Waals surface area contributed by atoms with Crippen molar-refractivity contribution in [1.82, 2.24) is 9.80 Å². The first-order chi connectivity index (χ1) is 9.02. The maximum Gasteiger partial charge on any atom is 0.228 e. The number of amides is 2. The fourth-order valence-electron chi connectivity index (χ4n) is 3.14. The molecule has 6 heteroatoms. The normalized spacial score (nSPS) is 28.2. The van der Waals surface area contributed by atoms with Crippen molar-refractivity contribution in [2.45, 2.75) is 39.2 Å². The van der Waals surface area contributed by atoms with Crippen LogP contribution in [0, 0.1) is 11.8 Å². The molecule has 2 aliphatic rings. The number of hydrogen-bond acceptors (Lipinski definition) is 3. The Balaban J connectivity index is 0.00000200. The van der Waals surface area contributed by atoms with Crippen molar-refractivity contribution < 1.29 is 9.59 Å². The van der Waals surface area contributed by atoms with Gasteiger partial charge in [-0.1, -0.05) is 0 Å². The van der Waals surface area contributed by atoms with Crippen molar-refractivity contribution in [3.8, 4) is 0 Å². The van der Waals surface area contributed by atoms with Gasteiger partial charge in [0, 0.05) is 38.6 Å². The molecule has 2 amide bonds. The molecule has 0 spiro atoms. The van der Waals surface area contributed by atoms with E-state index in [-0.39, 0.29) is 36.2 Å². The van der Waals surface area contributed by atoms with Gasteiger partial charge in [-0.15, -0.1) is 12.4 Å². The van der Waals surface area contributed by atoms with Crippen LogP contribution in [0.2, 0.25) is 0 Å². The number of hydrogen-bond donors (Lipinski definition) is 1. The first-order valence-electron chi connectivity index (χ1n) is 7.35. The molecule has 3 unspecified atom stereocenters. The van der Waals surface area contributed by atoms with Gasteiger partial charge in [-0.3, -0.25) is 9.59 Å². The lowest BCUT2D eigenvalue weighted by Gasteiger charge is -2.35. The van der Waals surface area contributed by atoms with Gasteiger partial charge < -0.3 is 15.5 Å².